The maximum atomic E-state index is 12.3. The fourth-order valence-corrected chi connectivity index (χ4v) is 2.40. The molecule has 1 N–H and O–H groups in total. The molecule has 6 heteroatoms. The van der Waals surface area contributed by atoms with Crippen LogP contribution in [0, 0.1) is 0 Å². The van der Waals surface area contributed by atoms with Gasteiger partial charge in [-0.25, -0.2) is 0 Å². The number of amides is 2. The van der Waals surface area contributed by atoms with E-state index in [0.717, 1.165) is 12.8 Å². The van der Waals surface area contributed by atoms with Gasteiger partial charge in [0.05, 0.1) is 12.5 Å². The van der Waals surface area contributed by atoms with Crippen LogP contribution in [0.5, 0.6) is 0 Å². The summed E-state index contributed by atoms with van der Waals surface area (Å²) < 4.78 is 10.3. The van der Waals surface area contributed by atoms with Crippen LogP contribution in [0.1, 0.15) is 24.4 Å². The molecule has 130 valence electrons. The Balaban J connectivity index is 1.45. The van der Waals surface area contributed by atoms with Gasteiger partial charge in [-0.3, -0.25) is 9.59 Å². The monoisotopic (exact) mass is 340 g/mol. The minimum atomic E-state index is -0.217. The summed E-state index contributed by atoms with van der Waals surface area (Å²) in [6.07, 6.45) is 11.3. The van der Waals surface area contributed by atoms with Gasteiger partial charge < -0.3 is 19.1 Å². The van der Waals surface area contributed by atoms with Crippen molar-refractivity contribution in [2.24, 2.45) is 0 Å². The molecule has 25 heavy (non-hydrogen) atoms. The second-order valence-electron chi connectivity index (χ2n) is 5.75. The van der Waals surface area contributed by atoms with Gasteiger partial charge in [0.25, 0.3) is 0 Å². The lowest BCUT2D eigenvalue weighted by Crippen LogP contribution is -2.38. The Hall–Kier alpha value is -3.02. The molecule has 6 nitrogen and oxygen atoms in total. The van der Waals surface area contributed by atoms with Crippen molar-refractivity contribution in [2.45, 2.75) is 18.9 Å². The Bertz CT molecular complexity index is 741. The van der Waals surface area contributed by atoms with Crippen LogP contribution in [0.25, 0.3) is 12.2 Å². The molecule has 1 fully saturated rings. The van der Waals surface area contributed by atoms with E-state index in [0.29, 0.717) is 24.6 Å². The van der Waals surface area contributed by atoms with Gasteiger partial charge in [-0.1, -0.05) is 0 Å². The molecule has 2 amide bonds. The highest BCUT2D eigenvalue weighted by Crippen LogP contribution is 2.26. The molecule has 0 atom stereocenters. The first kappa shape index (κ1) is 16.8. The molecule has 1 aliphatic rings. The lowest BCUT2D eigenvalue weighted by Gasteiger charge is -2.20. The summed E-state index contributed by atoms with van der Waals surface area (Å²) in [6, 6.07) is 7.35. The SMILES string of the molecule is O=C(/C=C/c1ccco1)NCCN(C(=O)/C=C/c1ccco1)C1CC1. The molecule has 0 bridgehead atoms. The zero-order valence-corrected chi connectivity index (χ0v) is 13.8. The minimum absolute atomic E-state index is 0.0701. The van der Waals surface area contributed by atoms with Crippen molar-refractivity contribution in [2.75, 3.05) is 13.1 Å². The van der Waals surface area contributed by atoms with E-state index < -0.39 is 0 Å². The number of carbonyl (C=O) groups is 2. The zero-order valence-electron chi connectivity index (χ0n) is 13.8. The van der Waals surface area contributed by atoms with Crippen molar-refractivity contribution < 1.29 is 18.4 Å². The van der Waals surface area contributed by atoms with Crippen molar-refractivity contribution in [3.05, 3.63) is 60.5 Å². The lowest BCUT2D eigenvalue weighted by atomic mass is 10.3. The highest BCUT2D eigenvalue weighted by molar-refractivity contribution is 5.92. The Morgan fingerprint density at radius 2 is 1.72 bits per heavy atom. The van der Waals surface area contributed by atoms with E-state index in [2.05, 4.69) is 5.32 Å². The number of rotatable bonds is 8. The van der Waals surface area contributed by atoms with Crippen molar-refractivity contribution in [1.29, 1.82) is 0 Å². The van der Waals surface area contributed by atoms with Crippen LogP contribution in [0.2, 0.25) is 0 Å². The molecule has 2 aromatic rings. The van der Waals surface area contributed by atoms with Crippen LogP contribution in [-0.4, -0.2) is 35.8 Å². The highest BCUT2D eigenvalue weighted by atomic mass is 16.3. The third-order valence-electron chi connectivity index (χ3n) is 3.80. The third-order valence-corrected chi connectivity index (χ3v) is 3.80. The van der Waals surface area contributed by atoms with E-state index in [1.807, 2.05) is 0 Å². The number of hydrogen-bond acceptors (Lipinski definition) is 4. The molecule has 0 spiro atoms. The van der Waals surface area contributed by atoms with E-state index in [4.69, 9.17) is 8.83 Å². The van der Waals surface area contributed by atoms with E-state index in [-0.39, 0.29) is 17.9 Å². The van der Waals surface area contributed by atoms with Crippen LogP contribution >= 0.6 is 0 Å². The van der Waals surface area contributed by atoms with Gasteiger partial charge >= 0.3 is 0 Å². The van der Waals surface area contributed by atoms with Crippen LogP contribution in [-0.2, 0) is 9.59 Å². The normalized spacial score (nSPS) is 14.2. The quantitative estimate of drug-likeness (QED) is 0.750. The van der Waals surface area contributed by atoms with E-state index in [1.54, 1.807) is 53.8 Å². The predicted octanol–water partition coefficient (Wildman–Crippen LogP) is 2.71. The van der Waals surface area contributed by atoms with Crippen molar-refractivity contribution >= 4 is 24.0 Å². The number of carbonyl (C=O) groups excluding carboxylic acids is 2. The summed E-state index contributed by atoms with van der Waals surface area (Å²) in [7, 11) is 0. The molecule has 0 aliphatic heterocycles. The molecular formula is C19H20N2O4. The van der Waals surface area contributed by atoms with Crippen LogP contribution in [0.4, 0.5) is 0 Å². The Labute approximate surface area is 145 Å². The van der Waals surface area contributed by atoms with Gasteiger partial charge in [0.1, 0.15) is 11.5 Å². The summed E-state index contributed by atoms with van der Waals surface area (Å²) in [5.41, 5.74) is 0. The van der Waals surface area contributed by atoms with E-state index in [1.165, 1.54) is 12.2 Å². The topological polar surface area (TPSA) is 75.7 Å². The summed E-state index contributed by atoms with van der Waals surface area (Å²) in [5.74, 6) is 0.971. The fourth-order valence-electron chi connectivity index (χ4n) is 2.40. The Morgan fingerprint density at radius 1 is 1.08 bits per heavy atom. The van der Waals surface area contributed by atoms with Gasteiger partial charge in [-0.2, -0.15) is 0 Å². The molecule has 2 aromatic heterocycles. The van der Waals surface area contributed by atoms with Gasteiger partial charge in [-0.15, -0.1) is 0 Å². The van der Waals surface area contributed by atoms with E-state index in [9.17, 15) is 9.59 Å². The molecular weight excluding hydrogens is 320 g/mol. The van der Waals surface area contributed by atoms with Crippen LogP contribution in [0.15, 0.2) is 57.8 Å². The van der Waals surface area contributed by atoms with Gasteiger partial charge in [-0.05, 0) is 49.3 Å². The molecule has 0 aromatic carbocycles. The maximum Gasteiger partial charge on any atom is 0.246 e. The van der Waals surface area contributed by atoms with Gasteiger partial charge in [0.15, 0.2) is 0 Å². The first-order chi connectivity index (χ1) is 12.2. The molecule has 2 heterocycles. The standard InChI is InChI=1S/C19H20N2O4/c22-18(9-7-16-3-1-13-24-16)20-11-12-21(15-5-6-15)19(23)10-8-17-4-2-14-25-17/h1-4,7-10,13-15H,5-6,11-12H2,(H,20,22)/b9-7+,10-8+. The second-order valence-corrected chi connectivity index (χ2v) is 5.75. The number of hydrogen-bond donors (Lipinski definition) is 1. The summed E-state index contributed by atoms with van der Waals surface area (Å²) in [5, 5.41) is 2.78. The van der Waals surface area contributed by atoms with Crippen molar-refractivity contribution in [1.82, 2.24) is 10.2 Å². The summed E-state index contributed by atoms with van der Waals surface area (Å²) in [6.45, 7) is 0.879. The van der Waals surface area contributed by atoms with Crippen molar-refractivity contribution in [3.8, 4) is 0 Å². The Kier molecular flexibility index (Phi) is 5.51. The predicted molar refractivity (Wildman–Crippen MR) is 93.2 cm³/mol. The summed E-state index contributed by atoms with van der Waals surface area (Å²) >= 11 is 0. The van der Waals surface area contributed by atoms with Crippen LogP contribution in [0.3, 0.4) is 0 Å². The maximum absolute atomic E-state index is 12.3. The number of furan rings is 2. The highest BCUT2D eigenvalue weighted by Gasteiger charge is 2.31. The smallest absolute Gasteiger partial charge is 0.246 e. The average molecular weight is 340 g/mol. The van der Waals surface area contributed by atoms with Crippen LogP contribution < -0.4 is 5.32 Å². The van der Waals surface area contributed by atoms with Gasteiger partial charge in [0.2, 0.25) is 11.8 Å². The zero-order chi connectivity index (χ0) is 17.5. The summed E-state index contributed by atoms with van der Waals surface area (Å²) in [4.78, 5) is 25.9. The number of nitrogens with one attached hydrogen (secondary N) is 1. The van der Waals surface area contributed by atoms with E-state index >= 15 is 0 Å². The fraction of sp³-hybridized carbons (Fsp3) is 0.263. The van der Waals surface area contributed by atoms with Gasteiger partial charge in [0, 0.05) is 31.3 Å². The second kappa shape index (κ2) is 8.19. The van der Waals surface area contributed by atoms with Crippen molar-refractivity contribution in [3.63, 3.8) is 0 Å². The Morgan fingerprint density at radius 3 is 2.28 bits per heavy atom. The molecule has 1 aliphatic carbocycles. The first-order valence-corrected chi connectivity index (χ1v) is 8.24. The molecule has 0 unspecified atom stereocenters. The molecule has 0 radical (unpaired) electrons. The lowest BCUT2D eigenvalue weighted by molar-refractivity contribution is -0.127. The minimum Gasteiger partial charge on any atom is -0.465 e. The molecule has 1 saturated carbocycles. The largest absolute Gasteiger partial charge is 0.465 e. The molecule has 0 saturated heterocycles. The number of nitrogens with zero attached hydrogens (tertiary/aromatic N) is 1. The first-order valence-electron chi connectivity index (χ1n) is 8.24. The third kappa shape index (κ3) is 5.24. The average Bonchev–Trinajstić information content (AvgIpc) is 3.10. The molecule has 3 rings (SSSR count).